The number of benzene rings is 1. The highest BCUT2D eigenvalue weighted by Crippen LogP contribution is 2.41. The number of carbonyl (C=O) groups is 1. The van der Waals surface area contributed by atoms with Crippen molar-refractivity contribution in [1.82, 2.24) is 0 Å². The fraction of sp³-hybridized carbons (Fsp3) is 0.609. The van der Waals surface area contributed by atoms with Gasteiger partial charge in [-0.2, -0.15) is 0 Å². The zero-order chi connectivity index (χ0) is 20.1. The van der Waals surface area contributed by atoms with E-state index in [0.717, 1.165) is 5.57 Å². The second kappa shape index (κ2) is 9.20. The maximum Gasteiger partial charge on any atom is 0.338 e. The lowest BCUT2D eigenvalue weighted by Crippen LogP contribution is -2.47. The van der Waals surface area contributed by atoms with Gasteiger partial charge in [0.05, 0.1) is 11.7 Å². The molecular formula is C23H36O3Si. The van der Waals surface area contributed by atoms with Gasteiger partial charge in [-0.15, -0.1) is 0 Å². The van der Waals surface area contributed by atoms with Crippen LogP contribution in [0.1, 0.15) is 63.2 Å². The summed E-state index contributed by atoms with van der Waals surface area (Å²) in [5, 5.41) is 0.140. The first-order valence-corrected chi connectivity index (χ1v) is 13.1. The van der Waals surface area contributed by atoms with E-state index >= 15 is 0 Å². The number of rotatable bonds is 7. The van der Waals surface area contributed by atoms with E-state index in [1.165, 1.54) is 32.1 Å². The predicted octanol–water partition coefficient (Wildman–Crippen LogP) is 6.37. The minimum Gasteiger partial charge on any atom is -0.457 e. The van der Waals surface area contributed by atoms with E-state index in [9.17, 15) is 4.79 Å². The van der Waals surface area contributed by atoms with Gasteiger partial charge in [-0.05, 0) is 54.6 Å². The molecule has 0 spiro atoms. The van der Waals surface area contributed by atoms with Crippen LogP contribution in [-0.4, -0.2) is 27.0 Å². The lowest BCUT2D eigenvalue weighted by atomic mass is 9.83. The molecule has 1 aliphatic carbocycles. The third-order valence-electron chi connectivity index (χ3n) is 6.11. The fourth-order valence-electron chi connectivity index (χ4n) is 3.34. The van der Waals surface area contributed by atoms with E-state index in [2.05, 4.69) is 40.4 Å². The average molecular weight is 389 g/mol. The topological polar surface area (TPSA) is 35.5 Å². The molecule has 0 amide bonds. The van der Waals surface area contributed by atoms with E-state index in [1.54, 1.807) is 12.1 Å². The maximum atomic E-state index is 12.3. The molecule has 0 N–H and O–H groups in total. The lowest BCUT2D eigenvalue weighted by Gasteiger charge is -2.43. The van der Waals surface area contributed by atoms with Crippen LogP contribution in [0.3, 0.4) is 0 Å². The SMILES string of the molecule is C=C(COC(=O)c1ccccc1)C(O[Si](C)(C)C(C)(C)C)C1CCCCC1. The smallest absolute Gasteiger partial charge is 0.338 e. The van der Waals surface area contributed by atoms with Crippen molar-refractivity contribution in [3.05, 3.63) is 48.0 Å². The first-order chi connectivity index (χ1) is 12.6. The van der Waals surface area contributed by atoms with E-state index in [-0.39, 0.29) is 23.7 Å². The van der Waals surface area contributed by atoms with E-state index in [1.807, 2.05) is 18.2 Å². The Labute approximate surface area is 166 Å². The summed E-state index contributed by atoms with van der Waals surface area (Å²) in [4.78, 5) is 12.3. The summed E-state index contributed by atoms with van der Waals surface area (Å²) in [5.74, 6) is 0.183. The Kier molecular flexibility index (Phi) is 7.46. The van der Waals surface area contributed by atoms with Crippen molar-refractivity contribution in [2.45, 2.75) is 77.1 Å². The molecule has 27 heavy (non-hydrogen) atoms. The zero-order valence-electron chi connectivity index (χ0n) is 17.7. The largest absolute Gasteiger partial charge is 0.457 e. The first kappa shape index (κ1) is 21.9. The van der Waals surface area contributed by atoms with Gasteiger partial charge >= 0.3 is 5.97 Å². The third-order valence-corrected chi connectivity index (χ3v) is 10.6. The molecule has 1 atom stereocenters. The number of hydrogen-bond donors (Lipinski definition) is 0. The molecule has 0 aliphatic heterocycles. The van der Waals surface area contributed by atoms with Gasteiger partial charge in [0.2, 0.25) is 0 Å². The molecule has 3 nitrogen and oxygen atoms in total. The molecule has 150 valence electrons. The van der Waals surface area contributed by atoms with Gasteiger partial charge in [-0.1, -0.05) is 64.8 Å². The lowest BCUT2D eigenvalue weighted by molar-refractivity contribution is 0.0489. The molecule has 1 fully saturated rings. The normalized spacial score (nSPS) is 17.4. The van der Waals surface area contributed by atoms with Gasteiger partial charge in [0.25, 0.3) is 0 Å². The molecule has 1 aliphatic rings. The molecule has 0 saturated heterocycles. The van der Waals surface area contributed by atoms with Crippen molar-refractivity contribution >= 4 is 14.3 Å². The number of hydrogen-bond acceptors (Lipinski definition) is 3. The van der Waals surface area contributed by atoms with Gasteiger partial charge in [0.1, 0.15) is 6.61 Å². The highest BCUT2D eigenvalue weighted by Gasteiger charge is 2.41. The fourth-order valence-corrected chi connectivity index (χ4v) is 4.69. The highest BCUT2D eigenvalue weighted by atomic mass is 28.4. The van der Waals surface area contributed by atoms with Crippen molar-refractivity contribution in [3.63, 3.8) is 0 Å². The number of esters is 1. The van der Waals surface area contributed by atoms with Gasteiger partial charge in [0, 0.05) is 0 Å². The quantitative estimate of drug-likeness (QED) is 0.309. The molecule has 0 aromatic heterocycles. The summed E-state index contributed by atoms with van der Waals surface area (Å²) in [6.45, 7) is 15.9. The second-order valence-corrected chi connectivity index (χ2v) is 14.1. The molecule has 2 rings (SSSR count). The average Bonchev–Trinajstić information content (AvgIpc) is 2.64. The van der Waals surface area contributed by atoms with Gasteiger partial charge in [0.15, 0.2) is 8.32 Å². The Morgan fingerprint density at radius 3 is 2.30 bits per heavy atom. The molecule has 1 saturated carbocycles. The van der Waals surface area contributed by atoms with Crippen LogP contribution in [-0.2, 0) is 9.16 Å². The van der Waals surface area contributed by atoms with Crippen molar-refractivity contribution in [3.8, 4) is 0 Å². The first-order valence-electron chi connectivity index (χ1n) is 10.2. The Balaban J connectivity index is 2.07. The van der Waals surface area contributed by atoms with Crippen LogP contribution in [0, 0.1) is 5.92 Å². The Morgan fingerprint density at radius 2 is 1.74 bits per heavy atom. The van der Waals surface area contributed by atoms with E-state index in [0.29, 0.717) is 11.5 Å². The van der Waals surface area contributed by atoms with Crippen LogP contribution >= 0.6 is 0 Å². The van der Waals surface area contributed by atoms with E-state index in [4.69, 9.17) is 9.16 Å². The van der Waals surface area contributed by atoms with Crippen LogP contribution in [0.25, 0.3) is 0 Å². The summed E-state index contributed by atoms with van der Waals surface area (Å²) in [7, 11) is -1.94. The minimum atomic E-state index is -1.94. The summed E-state index contributed by atoms with van der Waals surface area (Å²) < 4.78 is 12.3. The zero-order valence-corrected chi connectivity index (χ0v) is 18.7. The predicted molar refractivity (Wildman–Crippen MR) is 115 cm³/mol. The Hall–Kier alpha value is -1.39. The Bertz CT molecular complexity index is 625. The molecule has 4 heteroatoms. The summed E-state index contributed by atoms with van der Waals surface area (Å²) in [5.41, 5.74) is 1.47. The van der Waals surface area contributed by atoms with Crippen molar-refractivity contribution in [1.29, 1.82) is 0 Å². The van der Waals surface area contributed by atoms with Crippen LogP contribution in [0.15, 0.2) is 42.5 Å². The molecule has 1 unspecified atom stereocenters. The molecule has 0 radical (unpaired) electrons. The Morgan fingerprint density at radius 1 is 1.15 bits per heavy atom. The molecular weight excluding hydrogens is 352 g/mol. The van der Waals surface area contributed by atoms with Gasteiger partial charge in [-0.3, -0.25) is 0 Å². The number of ether oxygens (including phenoxy) is 1. The molecule has 0 heterocycles. The maximum absolute atomic E-state index is 12.3. The van der Waals surface area contributed by atoms with Gasteiger partial charge < -0.3 is 9.16 Å². The van der Waals surface area contributed by atoms with Gasteiger partial charge in [-0.25, -0.2) is 4.79 Å². The minimum absolute atomic E-state index is 0.0187. The number of carbonyl (C=O) groups excluding carboxylic acids is 1. The second-order valence-electron chi connectivity index (χ2n) is 9.30. The van der Waals surface area contributed by atoms with Crippen molar-refractivity contribution in [2.24, 2.45) is 5.92 Å². The van der Waals surface area contributed by atoms with Crippen LogP contribution in [0.5, 0.6) is 0 Å². The molecule has 1 aromatic carbocycles. The monoisotopic (exact) mass is 388 g/mol. The van der Waals surface area contributed by atoms with Crippen LogP contribution < -0.4 is 0 Å². The molecule has 0 bridgehead atoms. The third kappa shape index (κ3) is 6.05. The van der Waals surface area contributed by atoms with Crippen LogP contribution in [0.2, 0.25) is 18.1 Å². The summed E-state index contributed by atoms with van der Waals surface area (Å²) >= 11 is 0. The summed E-state index contributed by atoms with van der Waals surface area (Å²) in [6, 6.07) is 9.13. The van der Waals surface area contributed by atoms with Crippen LogP contribution in [0.4, 0.5) is 0 Å². The summed E-state index contributed by atoms with van der Waals surface area (Å²) in [6.07, 6.45) is 6.13. The van der Waals surface area contributed by atoms with E-state index < -0.39 is 8.32 Å². The van der Waals surface area contributed by atoms with Crippen molar-refractivity contribution < 1.29 is 14.0 Å². The van der Waals surface area contributed by atoms with Crippen molar-refractivity contribution in [2.75, 3.05) is 6.61 Å². The molecule has 1 aromatic rings. The standard InChI is InChI=1S/C23H36O3Si/c1-18(17-25-22(24)20-15-11-8-12-16-20)21(19-13-9-7-10-14-19)26-27(5,6)23(2,3)4/h8,11-12,15-16,19,21H,1,7,9-10,13-14,17H2,2-6H3. The highest BCUT2D eigenvalue weighted by molar-refractivity contribution is 6.74.